The third kappa shape index (κ3) is 4.59. The van der Waals surface area contributed by atoms with Gasteiger partial charge < -0.3 is 10.2 Å². The second kappa shape index (κ2) is 3.45. The van der Waals surface area contributed by atoms with Gasteiger partial charge in [-0.25, -0.2) is 4.79 Å². The Morgan fingerprint density at radius 1 is 1.50 bits per heavy atom. The van der Waals surface area contributed by atoms with Gasteiger partial charge in [-0.05, 0) is 13.8 Å². The van der Waals surface area contributed by atoms with Crippen molar-refractivity contribution < 1.29 is 15.0 Å². The fourth-order valence-corrected chi connectivity index (χ4v) is 0. The van der Waals surface area contributed by atoms with Gasteiger partial charge in [-0.2, -0.15) is 0 Å². The number of hydrogen-bond donors (Lipinski definition) is 2. The van der Waals surface area contributed by atoms with Crippen LogP contribution in [0.1, 0.15) is 13.8 Å². The summed E-state index contributed by atoms with van der Waals surface area (Å²) in [5.74, 6) is -1.20. The first-order valence-corrected chi connectivity index (χ1v) is 1.90. The Balaban J connectivity index is 0. The van der Waals surface area contributed by atoms with Crippen molar-refractivity contribution in [2.75, 3.05) is 0 Å². The van der Waals surface area contributed by atoms with Crippen LogP contribution in [0.5, 0.6) is 0 Å². The van der Waals surface area contributed by atoms with Crippen molar-refractivity contribution >= 4 is 35.5 Å². The van der Waals surface area contributed by atoms with E-state index >= 15 is 0 Å². The van der Waals surface area contributed by atoms with Crippen LogP contribution in [-0.2, 0) is 4.79 Å². The summed E-state index contributed by atoms with van der Waals surface area (Å²) in [5, 5.41) is 16.5. The molecule has 0 aromatic carbocycles. The standard InChI is InChI=1S/C4H8O3.Na.H/c1-4(2,7)3(5)6;;/h7H,1-2H3,(H,5,6);;. The Kier molecular flexibility index (Phi) is 4.86. The van der Waals surface area contributed by atoms with E-state index in [9.17, 15) is 4.79 Å². The number of rotatable bonds is 1. The molecular weight excluding hydrogens is 119 g/mol. The predicted molar refractivity (Wildman–Crippen MR) is 31.1 cm³/mol. The predicted octanol–water partition coefficient (Wildman–Crippen LogP) is -0.807. The summed E-state index contributed by atoms with van der Waals surface area (Å²) in [5.41, 5.74) is -1.58. The molecule has 4 heteroatoms. The molecule has 8 heavy (non-hydrogen) atoms. The summed E-state index contributed by atoms with van der Waals surface area (Å²) >= 11 is 0. The molecule has 0 heterocycles. The molecule has 0 fully saturated rings. The zero-order chi connectivity index (χ0) is 6.08. The molecule has 44 valence electrons. The van der Waals surface area contributed by atoms with Crippen LogP contribution in [0.15, 0.2) is 0 Å². The molecule has 0 amide bonds. The summed E-state index contributed by atoms with van der Waals surface area (Å²) in [6, 6.07) is 0. The number of carboxylic acids is 1. The zero-order valence-electron chi connectivity index (χ0n) is 4.30. The maximum atomic E-state index is 9.77. The van der Waals surface area contributed by atoms with Crippen LogP contribution in [0.2, 0.25) is 0 Å². The second-order valence-electron chi connectivity index (χ2n) is 1.86. The third-order valence-corrected chi connectivity index (χ3v) is 0.523. The van der Waals surface area contributed by atoms with Crippen molar-refractivity contribution in [3.8, 4) is 0 Å². The molecule has 0 saturated carbocycles. The Hall–Kier alpha value is 0.430. The molecule has 0 aliphatic heterocycles. The van der Waals surface area contributed by atoms with Crippen LogP contribution in [0.3, 0.4) is 0 Å². The quantitative estimate of drug-likeness (QED) is 0.454. The maximum absolute atomic E-state index is 9.77. The Morgan fingerprint density at radius 3 is 1.62 bits per heavy atom. The average Bonchev–Trinajstić information content (AvgIpc) is 1.31. The molecule has 0 radical (unpaired) electrons. The van der Waals surface area contributed by atoms with E-state index in [4.69, 9.17) is 10.2 Å². The molecule has 0 aromatic rings. The molecule has 3 nitrogen and oxygen atoms in total. The molecular formula is C4H9NaO3. The van der Waals surface area contributed by atoms with Gasteiger partial charge in [0.2, 0.25) is 0 Å². The van der Waals surface area contributed by atoms with Gasteiger partial charge in [0.1, 0.15) is 0 Å². The SMILES string of the molecule is CC(C)(O)C(=O)O.[NaH]. The van der Waals surface area contributed by atoms with Crippen LogP contribution in [0.4, 0.5) is 0 Å². The van der Waals surface area contributed by atoms with Crippen LogP contribution in [0.25, 0.3) is 0 Å². The summed E-state index contributed by atoms with van der Waals surface area (Å²) < 4.78 is 0. The van der Waals surface area contributed by atoms with Crippen molar-refractivity contribution in [2.24, 2.45) is 0 Å². The van der Waals surface area contributed by atoms with Crippen LogP contribution >= 0.6 is 0 Å². The Bertz CT molecular complexity index is 83.8. The number of aliphatic hydroxyl groups is 1. The molecule has 0 aliphatic carbocycles. The first kappa shape index (κ1) is 11.3. The van der Waals surface area contributed by atoms with E-state index in [2.05, 4.69) is 0 Å². The van der Waals surface area contributed by atoms with Crippen LogP contribution in [0, 0.1) is 0 Å². The van der Waals surface area contributed by atoms with E-state index in [0.29, 0.717) is 0 Å². The summed E-state index contributed by atoms with van der Waals surface area (Å²) in [7, 11) is 0. The van der Waals surface area contributed by atoms with Crippen molar-refractivity contribution in [3.05, 3.63) is 0 Å². The van der Waals surface area contributed by atoms with E-state index in [1.165, 1.54) is 13.8 Å². The van der Waals surface area contributed by atoms with Crippen LogP contribution in [-0.4, -0.2) is 51.3 Å². The summed E-state index contributed by atoms with van der Waals surface area (Å²) in [4.78, 5) is 9.77. The van der Waals surface area contributed by atoms with Gasteiger partial charge in [0.25, 0.3) is 0 Å². The van der Waals surface area contributed by atoms with Gasteiger partial charge in [0, 0.05) is 0 Å². The fourth-order valence-electron chi connectivity index (χ4n) is 0. The first-order chi connectivity index (χ1) is 2.94. The topological polar surface area (TPSA) is 57.5 Å². The normalized spacial score (nSPS) is 9.88. The van der Waals surface area contributed by atoms with Gasteiger partial charge in [0.05, 0.1) is 0 Å². The molecule has 0 bridgehead atoms. The van der Waals surface area contributed by atoms with E-state index in [1.807, 2.05) is 0 Å². The molecule has 0 aromatic heterocycles. The van der Waals surface area contributed by atoms with Gasteiger partial charge in [-0.1, -0.05) is 0 Å². The van der Waals surface area contributed by atoms with Gasteiger partial charge in [0.15, 0.2) is 5.60 Å². The number of hydrogen-bond acceptors (Lipinski definition) is 2. The number of carbonyl (C=O) groups is 1. The summed E-state index contributed by atoms with van der Waals surface area (Å²) in [6.07, 6.45) is 0. The minimum atomic E-state index is -1.58. The van der Waals surface area contributed by atoms with Crippen LogP contribution < -0.4 is 0 Å². The minimum absolute atomic E-state index is 0. The second-order valence-corrected chi connectivity index (χ2v) is 1.86. The molecule has 0 rings (SSSR count). The van der Waals surface area contributed by atoms with Gasteiger partial charge in [-0.3, -0.25) is 0 Å². The zero-order valence-corrected chi connectivity index (χ0v) is 4.30. The monoisotopic (exact) mass is 128 g/mol. The third-order valence-electron chi connectivity index (χ3n) is 0.523. The van der Waals surface area contributed by atoms with Crippen molar-refractivity contribution in [1.29, 1.82) is 0 Å². The Labute approximate surface area is 70.0 Å². The number of carboxylic acid groups (broad SMARTS) is 1. The summed E-state index contributed by atoms with van der Waals surface area (Å²) in [6.45, 7) is 2.44. The molecule has 2 N–H and O–H groups in total. The fraction of sp³-hybridized carbons (Fsp3) is 0.750. The first-order valence-electron chi connectivity index (χ1n) is 1.90. The van der Waals surface area contributed by atoms with E-state index in [-0.39, 0.29) is 29.6 Å². The van der Waals surface area contributed by atoms with E-state index in [0.717, 1.165) is 0 Å². The van der Waals surface area contributed by atoms with Gasteiger partial charge in [-0.15, -0.1) is 0 Å². The van der Waals surface area contributed by atoms with E-state index < -0.39 is 11.6 Å². The van der Waals surface area contributed by atoms with Gasteiger partial charge >= 0.3 is 35.5 Å². The molecule has 0 aliphatic rings. The molecule has 0 atom stereocenters. The molecule has 0 saturated heterocycles. The average molecular weight is 128 g/mol. The van der Waals surface area contributed by atoms with Crippen molar-refractivity contribution in [2.45, 2.75) is 19.4 Å². The Morgan fingerprint density at radius 2 is 1.62 bits per heavy atom. The number of aliphatic carboxylic acids is 1. The van der Waals surface area contributed by atoms with Crippen molar-refractivity contribution in [1.82, 2.24) is 0 Å². The van der Waals surface area contributed by atoms with E-state index in [1.54, 1.807) is 0 Å². The molecule has 0 unspecified atom stereocenters. The van der Waals surface area contributed by atoms with Crippen molar-refractivity contribution in [3.63, 3.8) is 0 Å². The molecule has 0 spiro atoms.